The summed E-state index contributed by atoms with van der Waals surface area (Å²) in [6.45, 7) is 7.38. The van der Waals surface area contributed by atoms with Crippen LogP contribution in [-0.4, -0.2) is 47.2 Å². The second-order valence-corrected chi connectivity index (χ2v) is 4.44. The van der Waals surface area contributed by atoms with Crippen molar-refractivity contribution >= 4 is 11.6 Å². The Morgan fingerprint density at radius 2 is 2.24 bits per heavy atom. The van der Waals surface area contributed by atoms with Gasteiger partial charge in [-0.1, -0.05) is 0 Å². The van der Waals surface area contributed by atoms with Crippen LogP contribution in [0.15, 0.2) is 0 Å². The number of likely N-dealkylation sites (N-methyl/N-ethyl adjacent to an activating group) is 1. The van der Waals surface area contributed by atoms with E-state index in [1.807, 2.05) is 7.05 Å². The molecular weight excluding hydrogens is 218 g/mol. The third-order valence-corrected chi connectivity index (χ3v) is 2.84. The predicted molar refractivity (Wildman–Crippen MR) is 67.8 cm³/mol. The van der Waals surface area contributed by atoms with Gasteiger partial charge < -0.3 is 16.0 Å². The fraction of sp³-hybridized carbons (Fsp3) is 0.636. The molecule has 1 aromatic rings. The highest BCUT2D eigenvalue weighted by Gasteiger charge is 2.14. The first-order chi connectivity index (χ1) is 7.93. The van der Waals surface area contributed by atoms with Crippen molar-refractivity contribution in [1.29, 1.82) is 0 Å². The van der Waals surface area contributed by atoms with Crippen molar-refractivity contribution in [2.75, 3.05) is 25.9 Å². The van der Waals surface area contributed by atoms with Crippen LogP contribution in [0, 0.1) is 6.92 Å². The van der Waals surface area contributed by atoms with Crippen LogP contribution < -0.4 is 11.1 Å². The number of H-pyrrole nitrogens is 1. The summed E-state index contributed by atoms with van der Waals surface area (Å²) in [7, 11) is 2.02. The number of carbonyl (C=O) groups is 1. The van der Waals surface area contributed by atoms with Gasteiger partial charge in [-0.25, -0.2) is 0 Å². The first kappa shape index (κ1) is 13.5. The quantitative estimate of drug-likeness (QED) is 0.693. The third-order valence-electron chi connectivity index (χ3n) is 2.84. The van der Waals surface area contributed by atoms with E-state index in [-0.39, 0.29) is 11.6 Å². The van der Waals surface area contributed by atoms with E-state index in [2.05, 4.69) is 34.3 Å². The second-order valence-electron chi connectivity index (χ2n) is 4.44. The van der Waals surface area contributed by atoms with Gasteiger partial charge in [-0.05, 0) is 27.8 Å². The molecule has 0 aliphatic heterocycles. The van der Waals surface area contributed by atoms with Crippen molar-refractivity contribution in [3.05, 3.63) is 11.4 Å². The predicted octanol–water partition coefficient (Wildman–Crippen LogP) is 0.370. The fourth-order valence-electron chi connectivity index (χ4n) is 1.30. The number of aryl methyl sites for hydroxylation is 1. The Labute approximate surface area is 102 Å². The van der Waals surface area contributed by atoms with Gasteiger partial charge in [-0.3, -0.25) is 9.89 Å². The summed E-state index contributed by atoms with van der Waals surface area (Å²) in [4.78, 5) is 13.9. The summed E-state index contributed by atoms with van der Waals surface area (Å²) in [6.07, 6.45) is 0. The molecule has 0 aliphatic carbocycles. The van der Waals surface area contributed by atoms with Crippen LogP contribution in [0.25, 0.3) is 0 Å². The van der Waals surface area contributed by atoms with E-state index < -0.39 is 0 Å². The number of carbonyl (C=O) groups excluding carboxylic acids is 1. The Morgan fingerprint density at radius 1 is 1.59 bits per heavy atom. The number of rotatable bonds is 5. The number of hydrogen-bond acceptors (Lipinski definition) is 4. The number of nitrogen functional groups attached to an aromatic ring is 1. The molecule has 0 bridgehead atoms. The minimum Gasteiger partial charge on any atom is -0.395 e. The van der Waals surface area contributed by atoms with Crippen LogP contribution in [0.1, 0.15) is 30.0 Å². The summed E-state index contributed by atoms with van der Waals surface area (Å²) in [5.41, 5.74) is 7.12. The number of anilines is 1. The summed E-state index contributed by atoms with van der Waals surface area (Å²) in [5.74, 6) is -0.232. The molecule has 1 rings (SSSR count). The molecule has 1 amide bonds. The summed E-state index contributed by atoms with van der Waals surface area (Å²) >= 11 is 0. The summed E-state index contributed by atoms with van der Waals surface area (Å²) < 4.78 is 0. The molecule has 0 saturated carbocycles. The number of aromatic amines is 1. The molecule has 0 atom stereocenters. The topological polar surface area (TPSA) is 87.0 Å². The molecule has 4 N–H and O–H groups in total. The van der Waals surface area contributed by atoms with Crippen molar-refractivity contribution in [1.82, 2.24) is 20.4 Å². The maximum Gasteiger partial charge on any atom is 0.273 e. The maximum absolute atomic E-state index is 11.7. The van der Waals surface area contributed by atoms with E-state index in [0.717, 1.165) is 12.2 Å². The summed E-state index contributed by atoms with van der Waals surface area (Å²) in [5, 5.41) is 9.36. The van der Waals surface area contributed by atoms with Gasteiger partial charge in [0.25, 0.3) is 5.91 Å². The minimum absolute atomic E-state index is 0.232. The van der Waals surface area contributed by atoms with Gasteiger partial charge in [0.1, 0.15) is 0 Å². The molecule has 0 radical (unpaired) electrons. The Kier molecular flexibility index (Phi) is 4.51. The number of nitrogens with zero attached hydrogens (tertiary/aromatic N) is 2. The Morgan fingerprint density at radius 3 is 2.71 bits per heavy atom. The van der Waals surface area contributed by atoms with Gasteiger partial charge >= 0.3 is 0 Å². The van der Waals surface area contributed by atoms with E-state index in [1.54, 1.807) is 6.92 Å². The van der Waals surface area contributed by atoms with Crippen LogP contribution in [0.2, 0.25) is 0 Å². The van der Waals surface area contributed by atoms with Crippen molar-refractivity contribution in [3.63, 3.8) is 0 Å². The number of aromatic nitrogens is 2. The standard InChI is InChI=1S/C11H21N5O/c1-7(2)16(4)6-5-13-11(17)10-9(12)8(3)14-15-10/h7H,5-6,12H2,1-4H3,(H,13,17)(H,14,15). The largest absolute Gasteiger partial charge is 0.395 e. The van der Waals surface area contributed by atoms with Gasteiger partial charge in [0.2, 0.25) is 0 Å². The normalized spacial score (nSPS) is 11.2. The van der Waals surface area contributed by atoms with Crippen molar-refractivity contribution in [2.24, 2.45) is 0 Å². The number of amides is 1. The molecule has 6 nitrogen and oxygen atoms in total. The second kappa shape index (κ2) is 5.67. The van der Waals surface area contributed by atoms with Crippen LogP contribution in [0.5, 0.6) is 0 Å². The maximum atomic E-state index is 11.7. The first-order valence-corrected chi connectivity index (χ1v) is 5.72. The highest BCUT2D eigenvalue weighted by molar-refractivity contribution is 5.97. The molecule has 1 aromatic heterocycles. The Hall–Kier alpha value is -1.56. The Balaban J connectivity index is 2.43. The van der Waals surface area contributed by atoms with E-state index in [9.17, 15) is 4.79 Å². The van der Waals surface area contributed by atoms with Gasteiger partial charge in [-0.2, -0.15) is 5.10 Å². The lowest BCUT2D eigenvalue weighted by Crippen LogP contribution is -2.36. The molecule has 96 valence electrons. The number of hydrogen-bond donors (Lipinski definition) is 3. The van der Waals surface area contributed by atoms with Gasteiger partial charge in [-0.15, -0.1) is 0 Å². The van der Waals surface area contributed by atoms with Crippen LogP contribution in [-0.2, 0) is 0 Å². The molecule has 0 aromatic carbocycles. The fourth-order valence-corrected chi connectivity index (χ4v) is 1.30. The lowest BCUT2D eigenvalue weighted by atomic mass is 10.3. The van der Waals surface area contributed by atoms with Crippen LogP contribution in [0.4, 0.5) is 5.69 Å². The van der Waals surface area contributed by atoms with Crippen LogP contribution >= 0.6 is 0 Å². The zero-order valence-electron chi connectivity index (χ0n) is 10.9. The molecule has 0 aliphatic rings. The van der Waals surface area contributed by atoms with E-state index in [4.69, 9.17) is 5.73 Å². The molecule has 0 fully saturated rings. The molecule has 0 spiro atoms. The zero-order valence-corrected chi connectivity index (χ0v) is 10.9. The minimum atomic E-state index is -0.232. The zero-order chi connectivity index (χ0) is 13.0. The van der Waals surface area contributed by atoms with Gasteiger partial charge in [0.05, 0.1) is 11.4 Å². The van der Waals surface area contributed by atoms with E-state index in [1.165, 1.54) is 0 Å². The highest BCUT2D eigenvalue weighted by atomic mass is 16.1. The molecular formula is C11H21N5O. The average molecular weight is 239 g/mol. The van der Waals surface area contributed by atoms with Crippen molar-refractivity contribution < 1.29 is 4.79 Å². The van der Waals surface area contributed by atoms with Crippen molar-refractivity contribution in [2.45, 2.75) is 26.8 Å². The average Bonchev–Trinajstić information content (AvgIpc) is 2.59. The van der Waals surface area contributed by atoms with Crippen molar-refractivity contribution in [3.8, 4) is 0 Å². The lowest BCUT2D eigenvalue weighted by molar-refractivity contribution is 0.0944. The van der Waals surface area contributed by atoms with Gasteiger partial charge in [0.15, 0.2) is 5.69 Å². The van der Waals surface area contributed by atoms with E-state index >= 15 is 0 Å². The SMILES string of the molecule is Cc1[nH]nc(C(=O)NCCN(C)C(C)C)c1N. The highest BCUT2D eigenvalue weighted by Crippen LogP contribution is 2.11. The molecule has 17 heavy (non-hydrogen) atoms. The third kappa shape index (κ3) is 3.45. The molecule has 0 saturated heterocycles. The molecule has 6 heteroatoms. The molecule has 0 unspecified atom stereocenters. The smallest absolute Gasteiger partial charge is 0.273 e. The lowest BCUT2D eigenvalue weighted by Gasteiger charge is -2.20. The van der Waals surface area contributed by atoms with Crippen LogP contribution in [0.3, 0.4) is 0 Å². The number of nitrogens with one attached hydrogen (secondary N) is 2. The first-order valence-electron chi connectivity index (χ1n) is 5.72. The monoisotopic (exact) mass is 239 g/mol. The van der Waals surface area contributed by atoms with Gasteiger partial charge in [0, 0.05) is 19.1 Å². The van der Waals surface area contributed by atoms with E-state index in [0.29, 0.717) is 18.3 Å². The Bertz CT molecular complexity index is 385. The molecule has 1 heterocycles. The number of nitrogens with two attached hydrogens (primary N) is 1. The summed E-state index contributed by atoms with van der Waals surface area (Å²) in [6, 6.07) is 0.463.